The van der Waals surface area contributed by atoms with E-state index in [0.717, 1.165) is 5.56 Å². The Kier molecular flexibility index (Phi) is 3.53. The van der Waals surface area contributed by atoms with Crippen LogP contribution in [0.25, 0.3) is 0 Å². The molecule has 1 aromatic rings. The highest BCUT2D eigenvalue weighted by Crippen LogP contribution is 2.27. The van der Waals surface area contributed by atoms with Crippen LogP contribution in [0.1, 0.15) is 36.6 Å². The van der Waals surface area contributed by atoms with Gasteiger partial charge in [0.2, 0.25) is 0 Å². The SMILES string of the molecule is COC(C)(C)C(N)c1ccc(C)c(C)c1. The maximum atomic E-state index is 6.18. The van der Waals surface area contributed by atoms with Crippen LogP contribution in [0.15, 0.2) is 18.2 Å². The van der Waals surface area contributed by atoms with Crippen LogP contribution in [0.3, 0.4) is 0 Å². The van der Waals surface area contributed by atoms with E-state index in [1.54, 1.807) is 7.11 Å². The van der Waals surface area contributed by atoms with Crippen molar-refractivity contribution in [2.24, 2.45) is 5.73 Å². The summed E-state index contributed by atoms with van der Waals surface area (Å²) in [7, 11) is 1.70. The number of methoxy groups -OCH3 is 1. The third kappa shape index (κ3) is 2.58. The zero-order valence-corrected chi connectivity index (χ0v) is 10.3. The third-order valence-electron chi connectivity index (χ3n) is 3.17. The van der Waals surface area contributed by atoms with Crippen LogP contribution in [0.2, 0.25) is 0 Å². The Labute approximate surface area is 92.4 Å². The number of nitrogens with two attached hydrogens (primary N) is 1. The molecular formula is C13H21NO. The van der Waals surface area contributed by atoms with Gasteiger partial charge < -0.3 is 10.5 Å². The van der Waals surface area contributed by atoms with Gasteiger partial charge in [-0.05, 0) is 44.4 Å². The molecule has 84 valence electrons. The Morgan fingerprint density at radius 1 is 1.20 bits per heavy atom. The summed E-state index contributed by atoms with van der Waals surface area (Å²) in [6, 6.07) is 6.23. The van der Waals surface area contributed by atoms with E-state index < -0.39 is 0 Å². The predicted molar refractivity (Wildman–Crippen MR) is 63.9 cm³/mol. The van der Waals surface area contributed by atoms with Crippen LogP contribution in [0.5, 0.6) is 0 Å². The van der Waals surface area contributed by atoms with E-state index >= 15 is 0 Å². The standard InChI is InChI=1S/C13H21NO/c1-9-6-7-11(8-10(9)2)12(14)13(3,4)15-5/h6-8,12H,14H2,1-5H3. The van der Waals surface area contributed by atoms with Gasteiger partial charge >= 0.3 is 0 Å². The first kappa shape index (κ1) is 12.2. The van der Waals surface area contributed by atoms with Crippen molar-refractivity contribution in [3.8, 4) is 0 Å². The van der Waals surface area contributed by atoms with Crippen LogP contribution in [-0.4, -0.2) is 12.7 Å². The summed E-state index contributed by atoms with van der Waals surface area (Å²) in [6.45, 7) is 8.22. The summed E-state index contributed by atoms with van der Waals surface area (Å²) in [4.78, 5) is 0. The fourth-order valence-electron chi connectivity index (χ4n) is 1.49. The lowest BCUT2D eigenvalue weighted by Gasteiger charge is -2.30. The van der Waals surface area contributed by atoms with Gasteiger partial charge in [-0.3, -0.25) is 0 Å². The van der Waals surface area contributed by atoms with Crippen molar-refractivity contribution in [2.45, 2.75) is 39.3 Å². The fraction of sp³-hybridized carbons (Fsp3) is 0.538. The second kappa shape index (κ2) is 4.33. The van der Waals surface area contributed by atoms with Crippen molar-refractivity contribution in [2.75, 3.05) is 7.11 Å². The molecule has 1 rings (SSSR count). The molecule has 2 nitrogen and oxygen atoms in total. The molecule has 0 fully saturated rings. The lowest BCUT2D eigenvalue weighted by atomic mass is 9.91. The van der Waals surface area contributed by atoms with E-state index in [1.165, 1.54) is 11.1 Å². The summed E-state index contributed by atoms with van der Waals surface area (Å²) in [6.07, 6.45) is 0. The first-order valence-electron chi connectivity index (χ1n) is 5.26. The average molecular weight is 207 g/mol. The Bertz CT molecular complexity index is 344. The van der Waals surface area contributed by atoms with Crippen LogP contribution in [0, 0.1) is 13.8 Å². The number of ether oxygens (including phenoxy) is 1. The summed E-state index contributed by atoms with van der Waals surface area (Å²) in [5.74, 6) is 0. The highest BCUT2D eigenvalue weighted by Gasteiger charge is 2.27. The number of rotatable bonds is 3. The zero-order chi connectivity index (χ0) is 11.6. The average Bonchev–Trinajstić information content (AvgIpc) is 2.21. The molecule has 2 heteroatoms. The third-order valence-corrected chi connectivity index (χ3v) is 3.17. The molecule has 2 N–H and O–H groups in total. The molecule has 0 aliphatic heterocycles. The van der Waals surface area contributed by atoms with E-state index in [-0.39, 0.29) is 11.6 Å². The zero-order valence-electron chi connectivity index (χ0n) is 10.3. The molecule has 0 aliphatic carbocycles. The van der Waals surface area contributed by atoms with Gasteiger partial charge in [0.25, 0.3) is 0 Å². The topological polar surface area (TPSA) is 35.2 Å². The summed E-state index contributed by atoms with van der Waals surface area (Å²) >= 11 is 0. The van der Waals surface area contributed by atoms with Crippen LogP contribution < -0.4 is 5.73 Å². The number of hydrogen-bond donors (Lipinski definition) is 1. The number of benzene rings is 1. The van der Waals surface area contributed by atoms with Crippen LogP contribution in [0.4, 0.5) is 0 Å². The molecular weight excluding hydrogens is 186 g/mol. The minimum Gasteiger partial charge on any atom is -0.377 e. The van der Waals surface area contributed by atoms with Gasteiger partial charge in [-0.25, -0.2) is 0 Å². The van der Waals surface area contributed by atoms with Gasteiger partial charge in [-0.15, -0.1) is 0 Å². The highest BCUT2D eigenvalue weighted by atomic mass is 16.5. The largest absolute Gasteiger partial charge is 0.377 e. The number of aryl methyl sites for hydroxylation is 2. The maximum Gasteiger partial charge on any atom is 0.0814 e. The maximum absolute atomic E-state index is 6.18. The molecule has 0 aliphatic rings. The Morgan fingerprint density at radius 2 is 1.80 bits per heavy atom. The molecule has 0 heterocycles. The van der Waals surface area contributed by atoms with Gasteiger partial charge in [0, 0.05) is 7.11 Å². The highest BCUT2D eigenvalue weighted by molar-refractivity contribution is 5.32. The minimum absolute atomic E-state index is 0.0956. The predicted octanol–water partition coefficient (Wildman–Crippen LogP) is 2.73. The molecule has 1 unspecified atom stereocenters. The van der Waals surface area contributed by atoms with Crippen LogP contribution >= 0.6 is 0 Å². The van der Waals surface area contributed by atoms with E-state index in [1.807, 2.05) is 13.8 Å². The second-order valence-corrected chi connectivity index (χ2v) is 4.63. The molecule has 0 aromatic heterocycles. The van der Waals surface area contributed by atoms with Gasteiger partial charge in [0.15, 0.2) is 0 Å². The van der Waals surface area contributed by atoms with Gasteiger partial charge in [0.05, 0.1) is 11.6 Å². The molecule has 0 bridgehead atoms. The normalized spacial score (nSPS) is 14.0. The fourth-order valence-corrected chi connectivity index (χ4v) is 1.49. The van der Waals surface area contributed by atoms with Crippen molar-refractivity contribution >= 4 is 0 Å². The first-order chi connectivity index (χ1) is 6.88. The van der Waals surface area contributed by atoms with Crippen molar-refractivity contribution in [3.63, 3.8) is 0 Å². The molecule has 0 spiro atoms. The van der Waals surface area contributed by atoms with Crippen molar-refractivity contribution in [1.82, 2.24) is 0 Å². The van der Waals surface area contributed by atoms with Crippen LogP contribution in [-0.2, 0) is 4.74 Å². The van der Waals surface area contributed by atoms with Gasteiger partial charge in [-0.1, -0.05) is 18.2 Å². The summed E-state index contributed by atoms with van der Waals surface area (Å²) < 4.78 is 5.40. The summed E-state index contributed by atoms with van der Waals surface area (Å²) in [5.41, 5.74) is 9.54. The first-order valence-corrected chi connectivity index (χ1v) is 5.26. The Balaban J connectivity index is 3.02. The minimum atomic E-state index is -0.332. The van der Waals surface area contributed by atoms with Crippen molar-refractivity contribution in [1.29, 1.82) is 0 Å². The number of hydrogen-bond acceptors (Lipinski definition) is 2. The van der Waals surface area contributed by atoms with E-state index in [9.17, 15) is 0 Å². The smallest absolute Gasteiger partial charge is 0.0814 e. The second-order valence-electron chi connectivity index (χ2n) is 4.63. The van der Waals surface area contributed by atoms with Gasteiger partial charge in [-0.2, -0.15) is 0 Å². The van der Waals surface area contributed by atoms with Crippen molar-refractivity contribution in [3.05, 3.63) is 34.9 Å². The quantitative estimate of drug-likeness (QED) is 0.827. The molecule has 0 saturated carbocycles. The van der Waals surface area contributed by atoms with Crippen molar-refractivity contribution < 1.29 is 4.74 Å². The molecule has 1 atom stereocenters. The molecule has 1 aromatic carbocycles. The molecule has 0 radical (unpaired) electrons. The molecule has 0 amide bonds. The van der Waals surface area contributed by atoms with E-state index in [0.29, 0.717) is 0 Å². The lowest BCUT2D eigenvalue weighted by Crippen LogP contribution is -2.37. The Morgan fingerprint density at radius 3 is 2.27 bits per heavy atom. The lowest BCUT2D eigenvalue weighted by molar-refractivity contribution is -0.0000427. The monoisotopic (exact) mass is 207 g/mol. The summed E-state index contributed by atoms with van der Waals surface area (Å²) in [5, 5.41) is 0. The van der Waals surface area contributed by atoms with E-state index in [4.69, 9.17) is 10.5 Å². The Hall–Kier alpha value is -0.860. The molecule has 0 saturated heterocycles. The van der Waals surface area contributed by atoms with E-state index in [2.05, 4.69) is 32.0 Å². The van der Waals surface area contributed by atoms with Gasteiger partial charge in [0.1, 0.15) is 0 Å². The molecule has 15 heavy (non-hydrogen) atoms.